The standard InChI is InChI=1S/C23H33N3O4/c1-30-16-23(15-24-19-14-18(19)17-6-3-2-4-7-17)9-12-25(13-10-23)22(29)26-11-5-8-20(27)21(26)28/h2-4,6-7,18-20,24,27H,5,8-16H2,1H3/t18-,19+,20+/m0/s1. The van der Waals surface area contributed by atoms with Crippen LogP contribution in [0.25, 0.3) is 0 Å². The average molecular weight is 416 g/mol. The van der Waals surface area contributed by atoms with Crippen LogP contribution in [-0.4, -0.2) is 78.9 Å². The molecule has 3 amide bonds. The van der Waals surface area contributed by atoms with Gasteiger partial charge in [-0.3, -0.25) is 9.69 Å². The predicted octanol–water partition coefficient (Wildman–Crippen LogP) is 1.96. The summed E-state index contributed by atoms with van der Waals surface area (Å²) in [6.07, 6.45) is 2.90. The zero-order valence-corrected chi connectivity index (χ0v) is 17.8. The van der Waals surface area contributed by atoms with Crippen LogP contribution in [0.2, 0.25) is 0 Å². The van der Waals surface area contributed by atoms with Crippen molar-refractivity contribution in [2.24, 2.45) is 5.41 Å². The third-order valence-corrected chi connectivity index (χ3v) is 6.94. The number of hydrogen-bond acceptors (Lipinski definition) is 5. The molecule has 1 aromatic rings. The molecule has 2 aliphatic heterocycles. The minimum atomic E-state index is -1.04. The summed E-state index contributed by atoms with van der Waals surface area (Å²) in [6, 6.07) is 10.9. The molecular weight excluding hydrogens is 382 g/mol. The Balaban J connectivity index is 1.30. The number of piperidine rings is 2. The van der Waals surface area contributed by atoms with Crippen LogP contribution in [-0.2, 0) is 9.53 Å². The molecule has 0 aromatic heterocycles. The fourth-order valence-corrected chi connectivity index (χ4v) is 4.90. The maximum absolute atomic E-state index is 12.8. The number of carbonyl (C=O) groups is 2. The number of rotatable bonds is 6. The SMILES string of the molecule is COCC1(CN[C@@H]2C[C@H]2c2ccccc2)CCN(C(=O)N2CCC[C@@H](O)C2=O)CC1. The Kier molecular flexibility index (Phi) is 6.41. The van der Waals surface area contributed by atoms with Crippen LogP contribution in [0.1, 0.15) is 43.6 Å². The highest BCUT2D eigenvalue weighted by molar-refractivity contribution is 5.97. The second-order valence-electron chi connectivity index (χ2n) is 9.09. The lowest BCUT2D eigenvalue weighted by Crippen LogP contribution is -2.56. The molecule has 3 atom stereocenters. The molecular formula is C23H33N3O4. The Hall–Kier alpha value is -1.96. The second-order valence-corrected chi connectivity index (χ2v) is 9.09. The first kappa shape index (κ1) is 21.3. The van der Waals surface area contributed by atoms with E-state index in [-0.39, 0.29) is 11.4 Å². The molecule has 0 radical (unpaired) electrons. The lowest BCUT2D eigenvalue weighted by Gasteiger charge is -2.43. The molecule has 7 nitrogen and oxygen atoms in total. The van der Waals surface area contributed by atoms with Crippen molar-refractivity contribution in [2.45, 2.75) is 50.2 Å². The number of likely N-dealkylation sites (tertiary alicyclic amines) is 2. The highest BCUT2D eigenvalue weighted by Gasteiger charge is 2.43. The second kappa shape index (κ2) is 9.04. The van der Waals surface area contributed by atoms with Crippen LogP contribution < -0.4 is 5.32 Å². The number of amides is 3. The quantitative estimate of drug-likeness (QED) is 0.742. The molecule has 0 unspecified atom stereocenters. The number of urea groups is 1. The Morgan fingerprint density at radius 2 is 1.97 bits per heavy atom. The monoisotopic (exact) mass is 415 g/mol. The number of ether oxygens (including phenoxy) is 1. The lowest BCUT2D eigenvalue weighted by molar-refractivity contribution is -0.140. The number of methoxy groups -OCH3 is 1. The van der Waals surface area contributed by atoms with E-state index < -0.39 is 12.0 Å². The zero-order chi connectivity index (χ0) is 21.1. The van der Waals surface area contributed by atoms with Gasteiger partial charge in [-0.2, -0.15) is 0 Å². The first-order valence-electron chi connectivity index (χ1n) is 11.1. The van der Waals surface area contributed by atoms with Gasteiger partial charge in [-0.05, 0) is 37.7 Å². The van der Waals surface area contributed by atoms with E-state index in [0.29, 0.717) is 51.0 Å². The minimum Gasteiger partial charge on any atom is -0.384 e. The molecule has 1 aliphatic carbocycles. The van der Waals surface area contributed by atoms with E-state index in [0.717, 1.165) is 25.8 Å². The maximum atomic E-state index is 12.8. The first-order chi connectivity index (χ1) is 14.5. The molecule has 1 saturated carbocycles. The van der Waals surface area contributed by atoms with E-state index in [1.165, 1.54) is 10.5 Å². The van der Waals surface area contributed by atoms with Gasteiger partial charge in [0.05, 0.1) is 6.61 Å². The van der Waals surface area contributed by atoms with Gasteiger partial charge < -0.3 is 20.1 Å². The smallest absolute Gasteiger partial charge is 0.326 e. The number of imide groups is 1. The van der Waals surface area contributed by atoms with Crippen molar-refractivity contribution in [3.8, 4) is 0 Å². The third kappa shape index (κ3) is 4.53. The Labute approximate surface area is 178 Å². The zero-order valence-electron chi connectivity index (χ0n) is 17.8. The van der Waals surface area contributed by atoms with Crippen LogP contribution in [0.4, 0.5) is 4.79 Å². The molecule has 0 bridgehead atoms. The van der Waals surface area contributed by atoms with E-state index in [1.807, 2.05) is 0 Å². The Bertz CT molecular complexity index is 748. The Morgan fingerprint density at radius 1 is 1.23 bits per heavy atom. The molecule has 3 aliphatic rings. The van der Waals surface area contributed by atoms with Crippen molar-refractivity contribution in [2.75, 3.05) is 39.9 Å². The minimum absolute atomic E-state index is 0.000773. The molecule has 2 heterocycles. The van der Waals surface area contributed by atoms with Gasteiger partial charge in [0.15, 0.2) is 0 Å². The summed E-state index contributed by atoms with van der Waals surface area (Å²) in [6.45, 7) is 3.15. The van der Waals surface area contributed by atoms with E-state index in [1.54, 1.807) is 12.0 Å². The molecule has 1 aromatic carbocycles. The number of aliphatic hydroxyl groups excluding tert-OH is 1. The van der Waals surface area contributed by atoms with Crippen LogP contribution in [0, 0.1) is 5.41 Å². The summed E-state index contributed by atoms with van der Waals surface area (Å²) in [7, 11) is 1.73. The highest BCUT2D eigenvalue weighted by atomic mass is 16.5. The highest BCUT2D eigenvalue weighted by Crippen LogP contribution is 2.42. The molecule has 164 valence electrons. The van der Waals surface area contributed by atoms with Gasteiger partial charge in [0.2, 0.25) is 0 Å². The molecule has 30 heavy (non-hydrogen) atoms. The molecule has 3 fully saturated rings. The van der Waals surface area contributed by atoms with Crippen molar-refractivity contribution < 1.29 is 19.4 Å². The lowest BCUT2D eigenvalue weighted by atomic mass is 9.79. The maximum Gasteiger partial charge on any atom is 0.326 e. The molecule has 0 spiro atoms. The van der Waals surface area contributed by atoms with E-state index >= 15 is 0 Å². The van der Waals surface area contributed by atoms with Crippen molar-refractivity contribution in [3.05, 3.63) is 35.9 Å². The molecule has 2 saturated heterocycles. The molecule has 2 N–H and O–H groups in total. The largest absolute Gasteiger partial charge is 0.384 e. The number of hydrogen-bond donors (Lipinski definition) is 2. The topological polar surface area (TPSA) is 82.1 Å². The van der Waals surface area contributed by atoms with Gasteiger partial charge in [-0.15, -0.1) is 0 Å². The van der Waals surface area contributed by atoms with Gasteiger partial charge in [0.1, 0.15) is 6.10 Å². The van der Waals surface area contributed by atoms with Crippen LogP contribution in [0.3, 0.4) is 0 Å². The number of benzene rings is 1. The molecule has 4 rings (SSSR count). The van der Waals surface area contributed by atoms with E-state index in [9.17, 15) is 14.7 Å². The van der Waals surface area contributed by atoms with Gasteiger partial charge in [-0.1, -0.05) is 30.3 Å². The van der Waals surface area contributed by atoms with Crippen molar-refractivity contribution in [3.63, 3.8) is 0 Å². The predicted molar refractivity (Wildman–Crippen MR) is 113 cm³/mol. The summed E-state index contributed by atoms with van der Waals surface area (Å²) >= 11 is 0. The van der Waals surface area contributed by atoms with Gasteiger partial charge in [0.25, 0.3) is 5.91 Å². The summed E-state index contributed by atoms with van der Waals surface area (Å²) in [4.78, 5) is 28.0. The fraction of sp³-hybridized carbons (Fsp3) is 0.652. The summed E-state index contributed by atoms with van der Waals surface area (Å²) in [5, 5.41) is 13.5. The number of nitrogens with zero attached hydrogens (tertiary/aromatic N) is 2. The van der Waals surface area contributed by atoms with Crippen molar-refractivity contribution in [1.82, 2.24) is 15.1 Å². The van der Waals surface area contributed by atoms with E-state index in [4.69, 9.17) is 4.74 Å². The average Bonchev–Trinajstić information content (AvgIpc) is 3.55. The summed E-state index contributed by atoms with van der Waals surface area (Å²) in [5.74, 6) is 0.131. The van der Waals surface area contributed by atoms with Gasteiger partial charge >= 0.3 is 6.03 Å². The number of carbonyl (C=O) groups excluding carboxylic acids is 2. The number of nitrogens with one attached hydrogen (secondary N) is 1. The van der Waals surface area contributed by atoms with Gasteiger partial charge in [-0.25, -0.2) is 4.79 Å². The summed E-state index contributed by atoms with van der Waals surface area (Å²) < 4.78 is 5.55. The van der Waals surface area contributed by atoms with Crippen LogP contribution >= 0.6 is 0 Å². The third-order valence-electron chi connectivity index (χ3n) is 6.94. The first-order valence-corrected chi connectivity index (χ1v) is 11.1. The molecule has 7 heteroatoms. The van der Waals surface area contributed by atoms with Crippen LogP contribution in [0.5, 0.6) is 0 Å². The van der Waals surface area contributed by atoms with E-state index in [2.05, 4.69) is 35.6 Å². The van der Waals surface area contributed by atoms with Crippen molar-refractivity contribution in [1.29, 1.82) is 0 Å². The Morgan fingerprint density at radius 3 is 2.67 bits per heavy atom. The van der Waals surface area contributed by atoms with Crippen molar-refractivity contribution >= 4 is 11.9 Å². The fourth-order valence-electron chi connectivity index (χ4n) is 4.90. The summed E-state index contributed by atoms with van der Waals surface area (Å²) in [5.41, 5.74) is 1.39. The number of aliphatic hydroxyl groups is 1. The normalized spacial score (nSPS) is 28.5. The van der Waals surface area contributed by atoms with Gasteiger partial charge in [0, 0.05) is 50.7 Å². The van der Waals surface area contributed by atoms with Crippen LogP contribution in [0.15, 0.2) is 30.3 Å².